The maximum absolute atomic E-state index is 12.6. The van der Waals surface area contributed by atoms with Crippen LogP contribution >= 0.6 is 11.6 Å². The molecule has 0 bridgehead atoms. The van der Waals surface area contributed by atoms with Crippen LogP contribution in [0.4, 0.5) is 0 Å². The molecule has 2 amide bonds. The van der Waals surface area contributed by atoms with E-state index in [2.05, 4.69) is 15.7 Å². The van der Waals surface area contributed by atoms with Gasteiger partial charge < -0.3 is 10.6 Å². The maximum atomic E-state index is 12.6. The van der Waals surface area contributed by atoms with Crippen molar-refractivity contribution in [1.29, 1.82) is 0 Å². The molecule has 1 aromatic heterocycles. The molecule has 0 unspecified atom stereocenters. The lowest BCUT2D eigenvalue weighted by Crippen LogP contribution is -2.24. The number of halogens is 1. The highest BCUT2D eigenvalue weighted by Gasteiger charge is 2.15. The molecule has 0 atom stereocenters. The Morgan fingerprint density at radius 2 is 1.86 bits per heavy atom. The Kier molecular flexibility index (Phi) is 6.11. The smallest absolute Gasteiger partial charge is 0.255 e. The van der Waals surface area contributed by atoms with Crippen molar-refractivity contribution >= 4 is 23.4 Å². The molecule has 2 aromatic carbocycles. The first-order valence-electron chi connectivity index (χ1n) is 8.95. The first-order valence-corrected chi connectivity index (χ1v) is 9.33. The van der Waals surface area contributed by atoms with Crippen molar-refractivity contribution in [1.82, 2.24) is 20.4 Å². The van der Waals surface area contributed by atoms with Crippen LogP contribution in [-0.2, 0) is 6.54 Å². The van der Waals surface area contributed by atoms with Crippen LogP contribution in [0, 0.1) is 6.92 Å². The molecule has 0 fully saturated rings. The minimum atomic E-state index is -0.228. The van der Waals surface area contributed by atoms with Gasteiger partial charge in [0.1, 0.15) is 0 Å². The fourth-order valence-electron chi connectivity index (χ4n) is 2.86. The van der Waals surface area contributed by atoms with Crippen LogP contribution in [0.1, 0.15) is 38.9 Å². The second kappa shape index (κ2) is 8.71. The lowest BCUT2D eigenvalue weighted by Gasteiger charge is -2.08. The van der Waals surface area contributed by atoms with Gasteiger partial charge in [-0.2, -0.15) is 5.10 Å². The van der Waals surface area contributed by atoms with E-state index in [-0.39, 0.29) is 11.8 Å². The molecular formula is C21H21ClN4O2. The lowest BCUT2D eigenvalue weighted by atomic mass is 10.1. The predicted molar refractivity (Wildman–Crippen MR) is 109 cm³/mol. The van der Waals surface area contributed by atoms with Crippen LogP contribution in [0.25, 0.3) is 5.69 Å². The SMILES string of the molecule is CCNC(=O)c1cccc(CNC(=O)c2cnn(-c3cccc(Cl)c3)c2C)c1. The fraction of sp³-hybridized carbons (Fsp3) is 0.190. The normalized spacial score (nSPS) is 10.5. The zero-order valence-corrected chi connectivity index (χ0v) is 16.5. The van der Waals surface area contributed by atoms with Gasteiger partial charge in [-0.25, -0.2) is 4.68 Å². The lowest BCUT2D eigenvalue weighted by molar-refractivity contribution is 0.0946. The molecule has 3 rings (SSSR count). The molecule has 0 aliphatic carbocycles. The van der Waals surface area contributed by atoms with Gasteiger partial charge in [-0.3, -0.25) is 9.59 Å². The first kappa shape index (κ1) is 19.6. The molecule has 2 N–H and O–H groups in total. The highest BCUT2D eigenvalue weighted by Crippen LogP contribution is 2.18. The van der Waals surface area contributed by atoms with Gasteiger partial charge >= 0.3 is 0 Å². The van der Waals surface area contributed by atoms with Gasteiger partial charge in [0, 0.05) is 23.7 Å². The first-order chi connectivity index (χ1) is 13.5. The van der Waals surface area contributed by atoms with Crippen molar-refractivity contribution in [2.45, 2.75) is 20.4 Å². The van der Waals surface area contributed by atoms with Crippen LogP contribution in [0.3, 0.4) is 0 Å². The summed E-state index contributed by atoms with van der Waals surface area (Å²) in [6.07, 6.45) is 1.54. The topological polar surface area (TPSA) is 76.0 Å². The highest BCUT2D eigenvalue weighted by atomic mass is 35.5. The largest absolute Gasteiger partial charge is 0.352 e. The van der Waals surface area contributed by atoms with E-state index in [9.17, 15) is 9.59 Å². The van der Waals surface area contributed by atoms with Crippen molar-refractivity contribution in [2.24, 2.45) is 0 Å². The molecule has 7 heteroatoms. The van der Waals surface area contributed by atoms with Crippen molar-refractivity contribution in [3.05, 3.63) is 82.1 Å². The molecule has 1 heterocycles. The van der Waals surface area contributed by atoms with E-state index in [1.807, 2.05) is 32.0 Å². The molecule has 0 saturated carbocycles. The zero-order valence-electron chi connectivity index (χ0n) is 15.7. The maximum Gasteiger partial charge on any atom is 0.255 e. The van der Waals surface area contributed by atoms with Crippen LogP contribution in [0.2, 0.25) is 5.02 Å². The second-order valence-corrected chi connectivity index (χ2v) is 6.71. The molecular weight excluding hydrogens is 376 g/mol. The zero-order chi connectivity index (χ0) is 20.1. The number of amides is 2. The number of carbonyl (C=O) groups excluding carboxylic acids is 2. The highest BCUT2D eigenvalue weighted by molar-refractivity contribution is 6.30. The third-order valence-corrected chi connectivity index (χ3v) is 4.52. The number of hydrogen-bond donors (Lipinski definition) is 2. The van der Waals surface area contributed by atoms with Crippen LogP contribution in [0.5, 0.6) is 0 Å². The molecule has 28 heavy (non-hydrogen) atoms. The number of aromatic nitrogens is 2. The summed E-state index contributed by atoms with van der Waals surface area (Å²) >= 11 is 6.04. The van der Waals surface area contributed by atoms with E-state index >= 15 is 0 Å². The second-order valence-electron chi connectivity index (χ2n) is 6.28. The summed E-state index contributed by atoms with van der Waals surface area (Å²) in [5.74, 6) is -0.358. The molecule has 0 spiro atoms. The van der Waals surface area contributed by atoms with Crippen molar-refractivity contribution < 1.29 is 9.59 Å². The van der Waals surface area contributed by atoms with Crippen LogP contribution in [0.15, 0.2) is 54.7 Å². The summed E-state index contributed by atoms with van der Waals surface area (Å²) in [6, 6.07) is 14.5. The Bertz CT molecular complexity index is 1010. The Labute approximate surface area is 168 Å². The summed E-state index contributed by atoms with van der Waals surface area (Å²) in [6.45, 7) is 4.58. The Hall–Kier alpha value is -3.12. The minimum Gasteiger partial charge on any atom is -0.352 e. The van der Waals surface area contributed by atoms with Gasteiger partial charge in [0.2, 0.25) is 0 Å². The molecule has 0 radical (unpaired) electrons. The van der Waals surface area contributed by atoms with Gasteiger partial charge in [0.15, 0.2) is 0 Å². The molecule has 144 valence electrons. The van der Waals surface area contributed by atoms with Crippen molar-refractivity contribution in [3.63, 3.8) is 0 Å². The molecule has 0 aliphatic rings. The Morgan fingerprint density at radius 1 is 1.07 bits per heavy atom. The van der Waals surface area contributed by atoms with Crippen LogP contribution < -0.4 is 10.6 Å². The van der Waals surface area contributed by atoms with Gasteiger partial charge in [0.05, 0.1) is 23.1 Å². The Balaban J connectivity index is 1.71. The quantitative estimate of drug-likeness (QED) is 0.669. The number of hydrogen-bond acceptors (Lipinski definition) is 3. The molecule has 0 saturated heterocycles. The average molecular weight is 397 g/mol. The summed E-state index contributed by atoms with van der Waals surface area (Å²) < 4.78 is 1.68. The van der Waals surface area contributed by atoms with Crippen molar-refractivity contribution in [3.8, 4) is 5.69 Å². The van der Waals surface area contributed by atoms with Gasteiger partial charge in [-0.15, -0.1) is 0 Å². The van der Waals surface area contributed by atoms with Crippen LogP contribution in [-0.4, -0.2) is 28.1 Å². The van der Waals surface area contributed by atoms with E-state index in [1.165, 1.54) is 6.20 Å². The van der Waals surface area contributed by atoms with E-state index in [0.717, 1.165) is 16.9 Å². The third-order valence-electron chi connectivity index (χ3n) is 4.29. The van der Waals surface area contributed by atoms with E-state index in [4.69, 9.17) is 11.6 Å². The summed E-state index contributed by atoms with van der Waals surface area (Å²) in [4.78, 5) is 24.5. The van der Waals surface area contributed by atoms with E-state index < -0.39 is 0 Å². The summed E-state index contributed by atoms with van der Waals surface area (Å²) in [5.41, 5.74) is 3.41. The van der Waals surface area contributed by atoms with E-state index in [0.29, 0.717) is 29.2 Å². The number of carbonyl (C=O) groups is 2. The molecule has 3 aromatic rings. The van der Waals surface area contributed by atoms with Crippen molar-refractivity contribution in [2.75, 3.05) is 6.54 Å². The number of nitrogens with zero attached hydrogens (tertiary/aromatic N) is 2. The van der Waals surface area contributed by atoms with E-state index in [1.54, 1.807) is 35.0 Å². The Morgan fingerprint density at radius 3 is 2.61 bits per heavy atom. The number of nitrogens with one attached hydrogen (secondary N) is 2. The average Bonchev–Trinajstić information content (AvgIpc) is 3.08. The van der Waals surface area contributed by atoms with Gasteiger partial charge in [-0.05, 0) is 49.7 Å². The fourth-order valence-corrected chi connectivity index (χ4v) is 3.05. The third kappa shape index (κ3) is 4.40. The summed E-state index contributed by atoms with van der Waals surface area (Å²) in [5, 5.41) is 10.6. The molecule has 6 nitrogen and oxygen atoms in total. The minimum absolute atomic E-state index is 0.130. The number of benzene rings is 2. The van der Waals surface area contributed by atoms with Gasteiger partial charge in [-0.1, -0.05) is 29.8 Å². The number of rotatable bonds is 6. The molecule has 0 aliphatic heterocycles. The standard InChI is InChI=1S/C21H21ClN4O2/c1-3-23-20(27)16-7-4-6-15(10-16)12-24-21(28)19-13-25-26(14(19)2)18-9-5-8-17(22)11-18/h4-11,13H,3,12H2,1-2H3,(H,23,27)(H,24,28). The predicted octanol–water partition coefficient (Wildman–Crippen LogP) is 3.51. The van der Waals surface area contributed by atoms with Gasteiger partial charge in [0.25, 0.3) is 11.8 Å². The summed E-state index contributed by atoms with van der Waals surface area (Å²) in [7, 11) is 0. The monoisotopic (exact) mass is 396 g/mol.